The maximum atomic E-state index is 13.4. The lowest BCUT2D eigenvalue weighted by atomic mass is 10.0. The highest BCUT2D eigenvalue weighted by atomic mass is 32.2. The average molecular weight is 525 g/mol. The molecule has 37 heavy (non-hydrogen) atoms. The number of sulfonamides is 1. The Hall–Kier alpha value is -3.96. The Kier molecular flexibility index (Phi) is 6.81. The summed E-state index contributed by atoms with van der Waals surface area (Å²) in [6, 6.07) is 16.6. The lowest BCUT2D eigenvalue weighted by Gasteiger charge is -2.29. The van der Waals surface area contributed by atoms with E-state index in [-0.39, 0.29) is 22.2 Å². The Balaban J connectivity index is 1.53. The molecular weight excluding hydrogens is 496 g/mol. The van der Waals surface area contributed by atoms with Gasteiger partial charge in [-0.05, 0) is 47.5 Å². The zero-order valence-electron chi connectivity index (χ0n) is 20.8. The Morgan fingerprint density at radius 1 is 0.892 bits per heavy atom. The van der Waals surface area contributed by atoms with Crippen LogP contribution < -0.4 is 29.1 Å². The monoisotopic (exact) mass is 524 g/mol. The van der Waals surface area contributed by atoms with Crippen molar-refractivity contribution in [3.63, 3.8) is 0 Å². The summed E-state index contributed by atoms with van der Waals surface area (Å²) in [6.07, 6.45) is 0. The number of hydrogen-bond acceptors (Lipinski definition) is 9. The van der Waals surface area contributed by atoms with Gasteiger partial charge in [0.25, 0.3) is 10.0 Å². The zero-order chi connectivity index (χ0) is 26.0. The third kappa shape index (κ3) is 4.75. The molecule has 194 valence electrons. The molecule has 1 saturated heterocycles. The van der Waals surface area contributed by atoms with Crippen LogP contribution in [0, 0.1) is 0 Å². The quantitative estimate of drug-likeness (QED) is 0.356. The van der Waals surface area contributed by atoms with Gasteiger partial charge in [0.2, 0.25) is 0 Å². The summed E-state index contributed by atoms with van der Waals surface area (Å²) in [6.45, 7) is 3.77. The van der Waals surface area contributed by atoms with E-state index in [1.165, 1.54) is 21.3 Å². The first-order valence-electron chi connectivity index (χ1n) is 11.7. The number of nitrogens with zero attached hydrogens (tertiary/aromatic N) is 2. The van der Waals surface area contributed by atoms with Crippen LogP contribution in [0.1, 0.15) is 0 Å². The lowest BCUT2D eigenvalue weighted by molar-refractivity contribution is 0.373. The van der Waals surface area contributed by atoms with Gasteiger partial charge in [0.1, 0.15) is 22.6 Å². The summed E-state index contributed by atoms with van der Waals surface area (Å²) in [5.41, 5.74) is 3.35. The van der Waals surface area contributed by atoms with Crippen LogP contribution in [-0.4, -0.2) is 61.1 Å². The number of ether oxygens (including phenoxy) is 3. The van der Waals surface area contributed by atoms with Gasteiger partial charge in [-0.15, -0.1) is 0 Å². The minimum absolute atomic E-state index is 0.000858. The maximum absolute atomic E-state index is 13.4. The van der Waals surface area contributed by atoms with Crippen LogP contribution >= 0.6 is 0 Å². The summed E-state index contributed by atoms with van der Waals surface area (Å²) in [4.78, 5) is 2.19. The molecule has 10 nitrogen and oxygen atoms in total. The molecule has 1 fully saturated rings. The molecule has 2 N–H and O–H groups in total. The fourth-order valence-corrected chi connectivity index (χ4v) is 5.83. The normalized spacial score (nSPS) is 14.0. The lowest BCUT2D eigenvalue weighted by Crippen LogP contribution is -2.43. The third-order valence-electron chi connectivity index (χ3n) is 6.30. The van der Waals surface area contributed by atoms with Crippen molar-refractivity contribution < 1.29 is 27.2 Å². The van der Waals surface area contributed by atoms with Crippen molar-refractivity contribution in [2.75, 3.05) is 57.1 Å². The van der Waals surface area contributed by atoms with Crippen LogP contribution in [0.3, 0.4) is 0 Å². The fourth-order valence-electron chi connectivity index (χ4n) is 4.50. The molecule has 0 radical (unpaired) electrons. The molecule has 4 aromatic rings. The predicted molar refractivity (Wildman–Crippen MR) is 141 cm³/mol. The van der Waals surface area contributed by atoms with E-state index < -0.39 is 10.0 Å². The molecule has 0 aliphatic carbocycles. The smallest absolute Gasteiger partial charge is 0.270 e. The molecule has 1 aliphatic rings. The van der Waals surface area contributed by atoms with Gasteiger partial charge in [0.05, 0.1) is 21.3 Å². The average Bonchev–Trinajstić information content (AvgIpc) is 3.34. The topological polar surface area (TPSA) is 115 Å². The van der Waals surface area contributed by atoms with Gasteiger partial charge in [0, 0.05) is 31.9 Å². The first-order chi connectivity index (χ1) is 17.9. The molecule has 0 saturated carbocycles. The van der Waals surface area contributed by atoms with Crippen LogP contribution in [0.5, 0.6) is 17.2 Å². The van der Waals surface area contributed by atoms with E-state index >= 15 is 0 Å². The van der Waals surface area contributed by atoms with Gasteiger partial charge in [-0.2, -0.15) is 0 Å². The summed E-state index contributed by atoms with van der Waals surface area (Å²) in [5, 5.41) is 7.78. The number of piperazine rings is 1. The van der Waals surface area contributed by atoms with E-state index in [1.807, 2.05) is 24.3 Å². The number of anilines is 2. The molecule has 0 bridgehead atoms. The molecular formula is C26H28N4O6S. The standard InChI is InChI=1S/C26H28N4O6S/c1-33-20-8-5-9-21(34-2)25(20)37(31,32)29-26-24-22(35-3)15-18(16-23(24)36-28-26)17-6-4-7-19(14-17)30-12-10-27-11-13-30/h4-9,14-16,27H,10-13H2,1-3H3,(H,28,29). The molecule has 1 aromatic heterocycles. The molecule has 2 heterocycles. The minimum Gasteiger partial charge on any atom is -0.496 e. The molecule has 0 unspecified atom stereocenters. The van der Waals surface area contributed by atoms with Crippen molar-refractivity contribution in [1.82, 2.24) is 10.5 Å². The number of rotatable bonds is 8. The molecule has 3 aromatic carbocycles. The number of nitrogens with one attached hydrogen (secondary N) is 2. The second-order valence-electron chi connectivity index (χ2n) is 8.47. The van der Waals surface area contributed by atoms with Crippen molar-refractivity contribution in [2.24, 2.45) is 0 Å². The Morgan fingerprint density at radius 3 is 2.24 bits per heavy atom. The van der Waals surface area contributed by atoms with Gasteiger partial charge < -0.3 is 29.0 Å². The van der Waals surface area contributed by atoms with E-state index in [9.17, 15) is 8.42 Å². The van der Waals surface area contributed by atoms with Crippen LogP contribution in [0.2, 0.25) is 0 Å². The number of methoxy groups -OCH3 is 3. The summed E-state index contributed by atoms with van der Waals surface area (Å²) in [5.74, 6) is 0.698. The Bertz CT molecular complexity index is 1510. The van der Waals surface area contributed by atoms with E-state index in [1.54, 1.807) is 18.2 Å². The molecule has 1 aliphatic heterocycles. The third-order valence-corrected chi connectivity index (χ3v) is 7.70. The number of fused-ring (bicyclic) bond motifs is 1. The first kappa shape index (κ1) is 24.7. The van der Waals surface area contributed by atoms with Crippen LogP contribution in [0.25, 0.3) is 22.1 Å². The van der Waals surface area contributed by atoms with E-state index in [0.29, 0.717) is 16.7 Å². The van der Waals surface area contributed by atoms with Gasteiger partial charge in [-0.3, -0.25) is 4.72 Å². The van der Waals surface area contributed by atoms with Crippen molar-refractivity contribution >= 4 is 32.5 Å². The maximum Gasteiger partial charge on any atom is 0.270 e. The summed E-state index contributed by atoms with van der Waals surface area (Å²) in [7, 11) is 0.144. The SMILES string of the molecule is COc1cccc(OC)c1S(=O)(=O)Nc1noc2cc(-c3cccc(N4CCNCC4)c3)cc(OC)c12. The van der Waals surface area contributed by atoms with Crippen molar-refractivity contribution in [3.8, 4) is 28.4 Å². The number of hydrogen-bond donors (Lipinski definition) is 2. The van der Waals surface area contributed by atoms with Gasteiger partial charge >= 0.3 is 0 Å². The van der Waals surface area contributed by atoms with Gasteiger partial charge in [-0.1, -0.05) is 23.4 Å². The summed E-state index contributed by atoms with van der Waals surface area (Å²) < 4.78 is 51.0. The summed E-state index contributed by atoms with van der Waals surface area (Å²) >= 11 is 0. The van der Waals surface area contributed by atoms with Crippen molar-refractivity contribution in [3.05, 3.63) is 54.6 Å². The molecule has 5 rings (SSSR count). The number of benzene rings is 3. The Labute approximate surface area is 215 Å². The second kappa shape index (κ2) is 10.2. The first-order valence-corrected chi connectivity index (χ1v) is 13.2. The largest absolute Gasteiger partial charge is 0.496 e. The minimum atomic E-state index is -4.15. The van der Waals surface area contributed by atoms with Crippen molar-refractivity contribution in [1.29, 1.82) is 0 Å². The predicted octanol–water partition coefficient (Wildman–Crippen LogP) is 3.73. The molecule has 0 spiro atoms. The fraction of sp³-hybridized carbons (Fsp3) is 0.269. The van der Waals surface area contributed by atoms with Crippen LogP contribution in [0.4, 0.5) is 11.5 Å². The molecule has 0 atom stereocenters. The second-order valence-corrected chi connectivity index (χ2v) is 10.1. The van der Waals surface area contributed by atoms with Gasteiger partial charge in [-0.25, -0.2) is 8.42 Å². The van der Waals surface area contributed by atoms with Crippen LogP contribution in [0.15, 0.2) is 64.0 Å². The van der Waals surface area contributed by atoms with Crippen LogP contribution in [-0.2, 0) is 10.0 Å². The van der Waals surface area contributed by atoms with E-state index in [4.69, 9.17) is 18.7 Å². The van der Waals surface area contributed by atoms with E-state index in [2.05, 4.69) is 32.2 Å². The zero-order valence-corrected chi connectivity index (χ0v) is 21.6. The highest BCUT2D eigenvalue weighted by Crippen LogP contribution is 2.40. The Morgan fingerprint density at radius 2 is 1.57 bits per heavy atom. The molecule has 11 heteroatoms. The van der Waals surface area contributed by atoms with Crippen molar-refractivity contribution in [2.45, 2.75) is 4.90 Å². The van der Waals surface area contributed by atoms with Gasteiger partial charge in [0.15, 0.2) is 16.3 Å². The van der Waals surface area contributed by atoms with E-state index in [0.717, 1.165) is 43.0 Å². The highest BCUT2D eigenvalue weighted by molar-refractivity contribution is 7.93. The molecule has 0 amide bonds. The highest BCUT2D eigenvalue weighted by Gasteiger charge is 2.28. The number of aromatic nitrogens is 1.